The number of hydrogen-bond acceptors (Lipinski definition) is 6. The lowest BCUT2D eigenvalue weighted by molar-refractivity contribution is -0.137. The predicted molar refractivity (Wildman–Crippen MR) is 98.0 cm³/mol. The van der Waals surface area contributed by atoms with Gasteiger partial charge in [0, 0.05) is 31.9 Å². The van der Waals surface area contributed by atoms with E-state index < -0.39 is 11.7 Å². The number of alkyl halides is 3. The number of aromatic nitrogens is 2. The van der Waals surface area contributed by atoms with Crippen molar-refractivity contribution in [2.45, 2.75) is 26.1 Å². The van der Waals surface area contributed by atoms with Gasteiger partial charge in [-0.15, -0.1) is 10.2 Å². The van der Waals surface area contributed by atoms with E-state index in [1.807, 2.05) is 23.6 Å². The number of halogens is 3. The van der Waals surface area contributed by atoms with Crippen molar-refractivity contribution in [1.82, 2.24) is 15.1 Å². The molecule has 0 saturated carbocycles. The molecule has 1 aromatic heterocycles. The number of piperazine rings is 1. The molecule has 0 spiro atoms. The number of nitrogens with zero attached hydrogens (tertiary/aromatic N) is 4. The van der Waals surface area contributed by atoms with E-state index in [0.29, 0.717) is 37.0 Å². The number of amides is 1. The molecule has 146 valence electrons. The topological polar surface area (TPSA) is 61.4 Å². The lowest BCUT2D eigenvalue weighted by Gasteiger charge is -2.38. The maximum Gasteiger partial charge on any atom is 0.416 e. The van der Waals surface area contributed by atoms with Crippen LogP contribution in [0.5, 0.6) is 0 Å². The molecule has 0 aliphatic carbocycles. The second kappa shape index (κ2) is 7.81. The van der Waals surface area contributed by atoms with E-state index in [2.05, 4.69) is 15.5 Å². The molecule has 0 radical (unpaired) electrons. The van der Waals surface area contributed by atoms with Crippen molar-refractivity contribution in [2.75, 3.05) is 36.4 Å². The Morgan fingerprint density at radius 3 is 2.52 bits per heavy atom. The third-order valence-corrected chi connectivity index (χ3v) is 5.29. The van der Waals surface area contributed by atoms with E-state index in [1.165, 1.54) is 23.5 Å². The zero-order chi connectivity index (χ0) is 19.6. The predicted octanol–water partition coefficient (Wildman–Crippen LogP) is 3.01. The van der Waals surface area contributed by atoms with Gasteiger partial charge in [-0.2, -0.15) is 13.2 Å². The summed E-state index contributed by atoms with van der Waals surface area (Å²) in [5.41, 5.74) is -0.103. The molecule has 6 nitrogen and oxygen atoms in total. The summed E-state index contributed by atoms with van der Waals surface area (Å²) in [6, 6.07) is 4.98. The SMILES string of the molecule is Cc1nnc(NC(=O)[C@@H](C)N2CCN(c3cccc(C(F)(F)F)c3)CC2)s1. The quantitative estimate of drug-likeness (QED) is 0.857. The molecule has 0 bridgehead atoms. The van der Waals surface area contributed by atoms with E-state index in [-0.39, 0.29) is 11.9 Å². The van der Waals surface area contributed by atoms with Crippen LogP contribution < -0.4 is 10.2 Å². The fourth-order valence-electron chi connectivity index (χ4n) is 2.97. The fourth-order valence-corrected chi connectivity index (χ4v) is 3.56. The van der Waals surface area contributed by atoms with Crippen LogP contribution in [0.1, 0.15) is 17.5 Å². The zero-order valence-electron chi connectivity index (χ0n) is 15.0. The Morgan fingerprint density at radius 1 is 1.22 bits per heavy atom. The van der Waals surface area contributed by atoms with Crippen molar-refractivity contribution in [2.24, 2.45) is 0 Å². The molecule has 1 amide bonds. The normalized spacial score (nSPS) is 17.0. The van der Waals surface area contributed by atoms with Crippen LogP contribution >= 0.6 is 11.3 Å². The summed E-state index contributed by atoms with van der Waals surface area (Å²) in [6.07, 6.45) is -4.35. The minimum atomic E-state index is -4.35. The van der Waals surface area contributed by atoms with Crippen LogP contribution in [-0.4, -0.2) is 53.2 Å². The average Bonchev–Trinajstić information content (AvgIpc) is 3.05. The molecular weight excluding hydrogens is 379 g/mol. The number of carbonyl (C=O) groups excluding carboxylic acids is 1. The van der Waals surface area contributed by atoms with Gasteiger partial charge in [-0.25, -0.2) is 0 Å². The smallest absolute Gasteiger partial charge is 0.369 e. The maximum atomic E-state index is 12.9. The highest BCUT2D eigenvalue weighted by atomic mass is 32.1. The first kappa shape index (κ1) is 19.6. The van der Waals surface area contributed by atoms with Gasteiger partial charge in [-0.3, -0.25) is 15.0 Å². The van der Waals surface area contributed by atoms with Gasteiger partial charge < -0.3 is 4.90 Å². The number of nitrogens with one attached hydrogen (secondary N) is 1. The van der Waals surface area contributed by atoms with Crippen LogP contribution in [0.2, 0.25) is 0 Å². The Kier molecular flexibility index (Phi) is 5.66. The second-order valence-corrected chi connectivity index (χ2v) is 7.54. The largest absolute Gasteiger partial charge is 0.416 e. The summed E-state index contributed by atoms with van der Waals surface area (Å²) in [6.45, 7) is 5.89. The molecule has 1 aliphatic rings. The number of carbonyl (C=O) groups is 1. The maximum absolute atomic E-state index is 12.9. The Morgan fingerprint density at radius 2 is 1.93 bits per heavy atom. The Labute approximate surface area is 159 Å². The lowest BCUT2D eigenvalue weighted by atomic mass is 10.1. The monoisotopic (exact) mass is 399 g/mol. The number of benzene rings is 1. The van der Waals surface area contributed by atoms with Gasteiger partial charge in [0.05, 0.1) is 11.6 Å². The summed E-state index contributed by atoms with van der Waals surface area (Å²) in [5.74, 6) is -0.168. The second-order valence-electron chi connectivity index (χ2n) is 6.36. The summed E-state index contributed by atoms with van der Waals surface area (Å²) < 4.78 is 38.7. The minimum Gasteiger partial charge on any atom is -0.369 e. The first-order valence-electron chi connectivity index (χ1n) is 8.51. The molecule has 1 atom stereocenters. The summed E-state index contributed by atoms with van der Waals surface area (Å²) >= 11 is 1.31. The molecule has 1 aliphatic heterocycles. The highest BCUT2D eigenvalue weighted by Crippen LogP contribution is 2.32. The lowest BCUT2D eigenvalue weighted by Crippen LogP contribution is -2.52. The summed E-state index contributed by atoms with van der Waals surface area (Å²) in [5, 5.41) is 11.7. The van der Waals surface area contributed by atoms with Crippen LogP contribution in [0.4, 0.5) is 24.0 Å². The van der Waals surface area contributed by atoms with E-state index >= 15 is 0 Å². The number of aryl methyl sites for hydroxylation is 1. The van der Waals surface area contributed by atoms with E-state index in [4.69, 9.17) is 0 Å². The molecule has 1 saturated heterocycles. The Bertz CT molecular complexity index is 802. The van der Waals surface area contributed by atoms with Gasteiger partial charge in [0.25, 0.3) is 0 Å². The van der Waals surface area contributed by atoms with Gasteiger partial charge in [0.1, 0.15) is 5.01 Å². The molecule has 0 unspecified atom stereocenters. The van der Waals surface area contributed by atoms with Crippen LogP contribution in [-0.2, 0) is 11.0 Å². The Hall–Kier alpha value is -2.20. The average molecular weight is 399 g/mol. The van der Waals surface area contributed by atoms with E-state index in [0.717, 1.165) is 11.1 Å². The van der Waals surface area contributed by atoms with Crippen molar-refractivity contribution in [3.8, 4) is 0 Å². The van der Waals surface area contributed by atoms with Crippen LogP contribution in [0.3, 0.4) is 0 Å². The molecule has 2 aromatic rings. The van der Waals surface area contributed by atoms with Crippen LogP contribution in [0, 0.1) is 6.92 Å². The third-order valence-electron chi connectivity index (χ3n) is 4.54. The van der Waals surface area contributed by atoms with Crippen molar-refractivity contribution in [1.29, 1.82) is 0 Å². The molecule has 3 rings (SSSR count). The third kappa shape index (κ3) is 4.75. The zero-order valence-corrected chi connectivity index (χ0v) is 15.8. The number of rotatable bonds is 4. The van der Waals surface area contributed by atoms with E-state index in [1.54, 1.807) is 6.07 Å². The van der Waals surface area contributed by atoms with Gasteiger partial charge >= 0.3 is 6.18 Å². The molecule has 1 fully saturated rings. The first-order valence-corrected chi connectivity index (χ1v) is 9.33. The molecule has 27 heavy (non-hydrogen) atoms. The van der Waals surface area contributed by atoms with Crippen molar-refractivity contribution >= 4 is 28.1 Å². The first-order chi connectivity index (χ1) is 12.7. The highest BCUT2D eigenvalue weighted by molar-refractivity contribution is 7.15. The molecule has 2 heterocycles. The van der Waals surface area contributed by atoms with Gasteiger partial charge in [-0.1, -0.05) is 17.4 Å². The van der Waals surface area contributed by atoms with Gasteiger partial charge in [-0.05, 0) is 32.0 Å². The number of hydrogen-bond donors (Lipinski definition) is 1. The number of anilines is 2. The summed E-state index contributed by atoms with van der Waals surface area (Å²) in [4.78, 5) is 16.3. The summed E-state index contributed by atoms with van der Waals surface area (Å²) in [7, 11) is 0. The van der Waals surface area contributed by atoms with Crippen molar-refractivity contribution in [3.05, 3.63) is 34.8 Å². The van der Waals surface area contributed by atoms with Crippen molar-refractivity contribution < 1.29 is 18.0 Å². The fraction of sp³-hybridized carbons (Fsp3) is 0.471. The van der Waals surface area contributed by atoms with Crippen LogP contribution in [0.25, 0.3) is 0 Å². The minimum absolute atomic E-state index is 0.168. The standard InChI is InChI=1S/C17H20F3N5OS/c1-11(15(26)21-16-23-22-12(2)27-16)24-6-8-25(9-7-24)14-5-3-4-13(10-14)17(18,19)20/h3-5,10-11H,6-9H2,1-2H3,(H,21,23,26)/t11-/m1/s1. The molecule has 1 N–H and O–H groups in total. The molecule has 1 aromatic carbocycles. The van der Waals surface area contributed by atoms with Crippen LogP contribution in [0.15, 0.2) is 24.3 Å². The van der Waals surface area contributed by atoms with E-state index in [9.17, 15) is 18.0 Å². The van der Waals surface area contributed by atoms with Gasteiger partial charge in [0.2, 0.25) is 11.0 Å². The highest BCUT2D eigenvalue weighted by Gasteiger charge is 2.31. The molecular formula is C17H20F3N5OS. The van der Waals surface area contributed by atoms with Crippen molar-refractivity contribution in [3.63, 3.8) is 0 Å². The molecule has 10 heteroatoms. The van der Waals surface area contributed by atoms with Gasteiger partial charge in [0.15, 0.2) is 0 Å². The Balaban J connectivity index is 1.57.